The summed E-state index contributed by atoms with van der Waals surface area (Å²) in [5.74, 6) is -2.81. The normalized spacial score (nSPS) is 11.5. The Bertz CT molecular complexity index is 1180. The average Bonchev–Trinajstić information content (AvgIpc) is 3.03. The molecule has 10 heteroatoms. The molecule has 2 aromatic carbocycles. The fourth-order valence-corrected chi connectivity index (χ4v) is 3.91. The zero-order chi connectivity index (χ0) is 21.1. The van der Waals surface area contributed by atoms with Crippen LogP contribution < -0.4 is 4.80 Å². The predicted octanol–water partition coefficient (Wildman–Crippen LogP) is 3.20. The number of hydrogen-bond donors (Lipinski definition) is 0. The Hall–Kier alpha value is -3.04. The minimum Gasteiger partial charge on any atom is -0.468 e. The molecule has 0 bridgehead atoms. The first kappa shape index (κ1) is 20.7. The number of carbonyl (C=O) groups is 3. The Balaban J connectivity index is 2.20. The van der Waals surface area contributed by atoms with E-state index in [1.165, 1.54) is 37.0 Å². The van der Waals surface area contributed by atoms with E-state index in [0.717, 1.165) is 17.4 Å². The van der Waals surface area contributed by atoms with Gasteiger partial charge in [-0.1, -0.05) is 29.0 Å². The van der Waals surface area contributed by atoms with Crippen LogP contribution in [0.15, 0.2) is 41.4 Å². The third-order valence-electron chi connectivity index (χ3n) is 3.99. The summed E-state index contributed by atoms with van der Waals surface area (Å²) in [5, 5.41) is -0.0765. The van der Waals surface area contributed by atoms with Crippen molar-refractivity contribution < 1.29 is 28.2 Å². The molecule has 1 heterocycles. The lowest BCUT2D eigenvalue weighted by Crippen LogP contribution is -2.22. The van der Waals surface area contributed by atoms with Crippen molar-refractivity contribution in [2.24, 2.45) is 4.99 Å². The van der Waals surface area contributed by atoms with Crippen LogP contribution in [0.2, 0.25) is 5.02 Å². The molecule has 7 nitrogen and oxygen atoms in total. The van der Waals surface area contributed by atoms with E-state index in [4.69, 9.17) is 21.1 Å². The zero-order valence-electron chi connectivity index (χ0n) is 15.3. The number of benzene rings is 2. The number of aromatic nitrogens is 1. The third kappa shape index (κ3) is 4.20. The molecule has 0 fully saturated rings. The summed E-state index contributed by atoms with van der Waals surface area (Å²) < 4.78 is 25.5. The Morgan fingerprint density at radius 2 is 1.93 bits per heavy atom. The summed E-state index contributed by atoms with van der Waals surface area (Å²) in [6, 6.07) is 8.53. The topological polar surface area (TPSA) is 87.0 Å². The molecular formula is C19H14ClFN2O5S. The van der Waals surface area contributed by atoms with E-state index in [1.807, 2.05) is 0 Å². The first-order valence-corrected chi connectivity index (χ1v) is 9.36. The molecule has 1 amide bonds. The monoisotopic (exact) mass is 436 g/mol. The van der Waals surface area contributed by atoms with Gasteiger partial charge in [-0.3, -0.25) is 9.59 Å². The van der Waals surface area contributed by atoms with Crippen molar-refractivity contribution in [3.63, 3.8) is 0 Å². The predicted molar refractivity (Wildman–Crippen MR) is 104 cm³/mol. The molecule has 0 aliphatic carbocycles. The summed E-state index contributed by atoms with van der Waals surface area (Å²) in [7, 11) is 2.49. The van der Waals surface area contributed by atoms with Gasteiger partial charge in [0.15, 0.2) is 4.80 Å². The van der Waals surface area contributed by atoms with Gasteiger partial charge in [0.25, 0.3) is 5.91 Å². The van der Waals surface area contributed by atoms with E-state index < -0.39 is 23.7 Å². The second kappa shape index (κ2) is 8.54. The number of thiazole rings is 1. The molecule has 0 N–H and O–H groups in total. The number of amides is 1. The Morgan fingerprint density at radius 3 is 2.59 bits per heavy atom. The van der Waals surface area contributed by atoms with Crippen LogP contribution in [0.25, 0.3) is 10.2 Å². The van der Waals surface area contributed by atoms with E-state index >= 15 is 0 Å². The molecule has 0 spiro atoms. The number of methoxy groups -OCH3 is 2. The van der Waals surface area contributed by atoms with E-state index in [2.05, 4.69) is 4.99 Å². The molecule has 0 saturated heterocycles. The standard InChI is InChI=1S/C19H14ClFN2O5S/c1-27-15(24)9-23-13-7-6-10(18(26)28-2)8-14(13)29-19(23)22-17(25)16-11(20)4-3-5-12(16)21/h3-8H,9H2,1-2H3. The second-order valence-electron chi connectivity index (χ2n) is 5.73. The van der Waals surface area contributed by atoms with Gasteiger partial charge in [0, 0.05) is 0 Å². The van der Waals surface area contributed by atoms with Gasteiger partial charge in [-0.15, -0.1) is 0 Å². The maximum Gasteiger partial charge on any atom is 0.337 e. The molecule has 0 atom stereocenters. The molecule has 0 aliphatic heterocycles. The van der Waals surface area contributed by atoms with Crippen molar-refractivity contribution in [2.45, 2.75) is 6.54 Å². The van der Waals surface area contributed by atoms with Crippen LogP contribution in [0.4, 0.5) is 4.39 Å². The highest BCUT2D eigenvalue weighted by molar-refractivity contribution is 7.16. The second-order valence-corrected chi connectivity index (χ2v) is 7.15. The maximum absolute atomic E-state index is 14.1. The molecule has 3 aromatic rings. The van der Waals surface area contributed by atoms with E-state index in [-0.39, 0.29) is 21.9 Å². The van der Waals surface area contributed by atoms with Gasteiger partial charge in [-0.05, 0) is 30.3 Å². The van der Waals surface area contributed by atoms with Crippen LogP contribution >= 0.6 is 22.9 Å². The first-order chi connectivity index (χ1) is 13.8. The highest BCUT2D eigenvalue weighted by atomic mass is 35.5. The molecule has 0 radical (unpaired) electrons. The Morgan fingerprint density at radius 1 is 1.17 bits per heavy atom. The van der Waals surface area contributed by atoms with Crippen LogP contribution in [0.3, 0.4) is 0 Å². The van der Waals surface area contributed by atoms with E-state index in [0.29, 0.717) is 15.8 Å². The molecule has 0 unspecified atom stereocenters. The van der Waals surface area contributed by atoms with Gasteiger partial charge in [0.1, 0.15) is 12.4 Å². The highest BCUT2D eigenvalue weighted by Gasteiger charge is 2.18. The highest BCUT2D eigenvalue weighted by Crippen LogP contribution is 2.22. The number of hydrogen-bond acceptors (Lipinski definition) is 6. The zero-order valence-corrected chi connectivity index (χ0v) is 16.8. The van der Waals surface area contributed by atoms with Crippen LogP contribution in [0.1, 0.15) is 20.7 Å². The van der Waals surface area contributed by atoms with Gasteiger partial charge in [-0.2, -0.15) is 4.99 Å². The number of carbonyl (C=O) groups excluding carboxylic acids is 3. The lowest BCUT2D eigenvalue weighted by Gasteiger charge is -2.05. The van der Waals surface area contributed by atoms with Gasteiger partial charge in [0.05, 0.1) is 40.6 Å². The van der Waals surface area contributed by atoms with Crippen molar-refractivity contribution in [1.29, 1.82) is 0 Å². The molecule has 29 heavy (non-hydrogen) atoms. The minimum atomic E-state index is -0.897. The first-order valence-electron chi connectivity index (χ1n) is 8.17. The summed E-state index contributed by atoms with van der Waals surface area (Å²) >= 11 is 6.99. The van der Waals surface area contributed by atoms with Gasteiger partial charge < -0.3 is 14.0 Å². The smallest absolute Gasteiger partial charge is 0.337 e. The van der Waals surface area contributed by atoms with Gasteiger partial charge in [0.2, 0.25) is 0 Å². The van der Waals surface area contributed by atoms with Crippen LogP contribution in [0.5, 0.6) is 0 Å². The summed E-state index contributed by atoms with van der Waals surface area (Å²) in [5.41, 5.74) is 0.465. The molecule has 150 valence electrons. The molecular weight excluding hydrogens is 423 g/mol. The van der Waals surface area contributed by atoms with Crippen LogP contribution in [-0.4, -0.2) is 36.6 Å². The average molecular weight is 437 g/mol. The summed E-state index contributed by atoms with van der Waals surface area (Å²) in [4.78, 5) is 40.3. The fourth-order valence-electron chi connectivity index (χ4n) is 2.59. The quantitative estimate of drug-likeness (QED) is 0.586. The lowest BCUT2D eigenvalue weighted by molar-refractivity contribution is -0.141. The molecule has 0 aliphatic rings. The molecule has 3 rings (SSSR count). The van der Waals surface area contributed by atoms with Crippen LogP contribution in [-0.2, 0) is 20.8 Å². The van der Waals surface area contributed by atoms with Crippen molar-refractivity contribution in [1.82, 2.24) is 4.57 Å². The Labute approximate surface area is 173 Å². The summed E-state index contributed by atoms with van der Waals surface area (Å²) in [6.07, 6.45) is 0. The van der Waals surface area contributed by atoms with Crippen molar-refractivity contribution in [3.8, 4) is 0 Å². The summed E-state index contributed by atoms with van der Waals surface area (Å²) in [6.45, 7) is -0.231. The van der Waals surface area contributed by atoms with Crippen molar-refractivity contribution in [2.75, 3.05) is 14.2 Å². The van der Waals surface area contributed by atoms with Gasteiger partial charge >= 0.3 is 11.9 Å². The molecule has 1 aromatic heterocycles. The Kier molecular flexibility index (Phi) is 6.09. The number of rotatable bonds is 4. The lowest BCUT2D eigenvalue weighted by atomic mass is 10.2. The van der Waals surface area contributed by atoms with Crippen molar-refractivity contribution >= 4 is 51.0 Å². The number of esters is 2. The number of halogens is 2. The number of nitrogens with zero attached hydrogens (tertiary/aromatic N) is 2. The van der Waals surface area contributed by atoms with Gasteiger partial charge in [-0.25, -0.2) is 9.18 Å². The number of fused-ring (bicyclic) bond motifs is 1. The van der Waals surface area contributed by atoms with E-state index in [1.54, 1.807) is 12.1 Å². The SMILES string of the molecule is COC(=O)Cn1c(=NC(=O)c2c(F)cccc2Cl)sc2cc(C(=O)OC)ccc21. The van der Waals surface area contributed by atoms with Crippen LogP contribution in [0, 0.1) is 5.82 Å². The maximum atomic E-state index is 14.1. The van der Waals surface area contributed by atoms with Crippen molar-refractivity contribution in [3.05, 3.63) is 63.2 Å². The largest absolute Gasteiger partial charge is 0.468 e. The fraction of sp³-hybridized carbons (Fsp3) is 0.158. The molecule has 0 saturated carbocycles. The number of ether oxygens (including phenoxy) is 2. The minimum absolute atomic E-state index is 0.0765. The third-order valence-corrected chi connectivity index (χ3v) is 5.35. The van der Waals surface area contributed by atoms with E-state index in [9.17, 15) is 18.8 Å².